The maximum atomic E-state index is 2.36. The summed E-state index contributed by atoms with van der Waals surface area (Å²) in [6, 6.07) is 8.36. The number of nitrogens with zero attached hydrogens (tertiary/aromatic N) is 2. The van der Waals surface area contributed by atoms with Crippen LogP contribution in [-0.4, -0.2) is 6.62 Å². The van der Waals surface area contributed by atoms with Gasteiger partial charge in [-0.05, 0) is 0 Å². The molecular formula is C10H14N2Ru. The molecule has 2 rings (SSSR count). The Hall–Kier alpha value is -0.817. The molecule has 3 heteroatoms. The van der Waals surface area contributed by atoms with E-state index >= 15 is 0 Å². The van der Waals surface area contributed by atoms with Gasteiger partial charge in [-0.1, -0.05) is 0 Å². The molecule has 0 bridgehead atoms. The van der Waals surface area contributed by atoms with Crippen LogP contribution in [0.3, 0.4) is 0 Å². The summed E-state index contributed by atoms with van der Waals surface area (Å²) < 4.78 is 4.72. The molecule has 0 aliphatic carbocycles. The van der Waals surface area contributed by atoms with E-state index in [0.717, 1.165) is 0 Å². The van der Waals surface area contributed by atoms with Crippen LogP contribution in [0.2, 0.25) is 11.0 Å². The van der Waals surface area contributed by atoms with Crippen LogP contribution in [0.25, 0.3) is 0 Å². The summed E-state index contributed by atoms with van der Waals surface area (Å²) in [5, 5.41) is 0. The summed E-state index contributed by atoms with van der Waals surface area (Å²) in [6.07, 6.45) is 8.64. The summed E-state index contributed by atoms with van der Waals surface area (Å²) in [7, 11) is 0. The Morgan fingerprint density at radius 2 is 1.00 bits per heavy atom. The van der Waals surface area contributed by atoms with Gasteiger partial charge in [0.25, 0.3) is 0 Å². The quantitative estimate of drug-likeness (QED) is 0.737. The predicted octanol–water partition coefficient (Wildman–Crippen LogP) is 2.77. The van der Waals surface area contributed by atoms with Gasteiger partial charge >= 0.3 is 82.0 Å². The van der Waals surface area contributed by atoms with Crippen LogP contribution in [0.4, 0.5) is 0 Å². The Morgan fingerprint density at radius 3 is 1.31 bits per heavy atom. The molecule has 13 heavy (non-hydrogen) atoms. The SMILES string of the molecule is [CH3][Ru]([CH3])([n]1cccc1)[n]1cccc1. The van der Waals surface area contributed by atoms with E-state index < -0.39 is 15.3 Å². The summed E-state index contributed by atoms with van der Waals surface area (Å²) >= 11 is -1.85. The molecule has 72 valence electrons. The Balaban J connectivity index is 2.42. The minimum absolute atomic E-state index is 1.85. The van der Waals surface area contributed by atoms with Gasteiger partial charge in [0.2, 0.25) is 0 Å². The molecule has 0 saturated carbocycles. The van der Waals surface area contributed by atoms with E-state index in [1.807, 2.05) is 0 Å². The summed E-state index contributed by atoms with van der Waals surface area (Å²) in [5.41, 5.74) is 4.72. The van der Waals surface area contributed by atoms with Crippen molar-refractivity contribution in [3.8, 4) is 0 Å². The molecule has 0 fully saturated rings. The average Bonchev–Trinajstić information content (AvgIpc) is 2.78. The fourth-order valence-corrected chi connectivity index (χ4v) is 4.83. The third-order valence-corrected chi connectivity index (χ3v) is 7.44. The molecule has 0 spiro atoms. The first-order valence-electron chi connectivity index (χ1n) is 4.06. The summed E-state index contributed by atoms with van der Waals surface area (Å²) in [4.78, 5) is 0. The van der Waals surface area contributed by atoms with E-state index in [1.54, 1.807) is 0 Å². The van der Waals surface area contributed by atoms with E-state index in [4.69, 9.17) is 0 Å². The van der Waals surface area contributed by atoms with Gasteiger partial charge in [0.05, 0.1) is 0 Å². The fraction of sp³-hybridized carbons (Fsp3) is 0.200. The normalized spacial score (nSPS) is 13.1. The van der Waals surface area contributed by atoms with E-state index in [-0.39, 0.29) is 0 Å². The third-order valence-electron chi connectivity index (χ3n) is 2.02. The molecule has 0 N–H and O–H groups in total. The van der Waals surface area contributed by atoms with Crippen LogP contribution in [0, 0.1) is 0 Å². The molecule has 0 aliphatic heterocycles. The second-order valence-corrected chi connectivity index (χ2v) is 10.1. The van der Waals surface area contributed by atoms with Crippen molar-refractivity contribution >= 4 is 0 Å². The zero-order valence-corrected chi connectivity index (χ0v) is 9.60. The van der Waals surface area contributed by atoms with Crippen LogP contribution >= 0.6 is 0 Å². The predicted molar refractivity (Wildman–Crippen MR) is 51.4 cm³/mol. The molecule has 2 heterocycles. The van der Waals surface area contributed by atoms with Crippen LogP contribution in [-0.2, 0) is 15.3 Å². The van der Waals surface area contributed by atoms with Gasteiger partial charge in [-0.25, -0.2) is 0 Å². The Kier molecular flexibility index (Phi) is 2.13. The van der Waals surface area contributed by atoms with Crippen molar-refractivity contribution in [1.29, 1.82) is 0 Å². The maximum absolute atomic E-state index is 2.36. The third kappa shape index (κ3) is 1.49. The first-order chi connectivity index (χ1) is 6.21. The molecule has 0 unspecified atom stereocenters. The Morgan fingerprint density at radius 1 is 0.692 bits per heavy atom. The fourth-order valence-electron chi connectivity index (χ4n) is 1.23. The van der Waals surface area contributed by atoms with Gasteiger partial charge < -0.3 is 0 Å². The zero-order chi connectivity index (χ0) is 9.31. The summed E-state index contributed by atoms with van der Waals surface area (Å²) in [5.74, 6) is 0. The van der Waals surface area contributed by atoms with Crippen molar-refractivity contribution in [3.63, 3.8) is 0 Å². The average molecular weight is 263 g/mol. The molecule has 0 saturated heterocycles. The molecule has 0 radical (unpaired) electrons. The summed E-state index contributed by atoms with van der Waals surface area (Å²) in [6.45, 7) is 0. The minimum atomic E-state index is -1.85. The molecule has 0 aromatic carbocycles. The Labute approximate surface area is 82.1 Å². The molecular weight excluding hydrogens is 249 g/mol. The standard InChI is InChI=1S/2C4H4N.2CH3.Ru/c2*1-2-4-5-3-1;;;/h2*1-4H;2*1H3;/q2*-1;;;+2. The van der Waals surface area contributed by atoms with E-state index in [1.165, 1.54) is 0 Å². The van der Waals surface area contributed by atoms with Crippen LogP contribution < -0.4 is 0 Å². The van der Waals surface area contributed by atoms with Crippen molar-refractivity contribution in [2.75, 3.05) is 0 Å². The van der Waals surface area contributed by atoms with Crippen molar-refractivity contribution in [3.05, 3.63) is 49.1 Å². The first kappa shape index (κ1) is 8.77. The van der Waals surface area contributed by atoms with Crippen LogP contribution in [0.1, 0.15) is 0 Å². The molecule has 2 aromatic heterocycles. The van der Waals surface area contributed by atoms with Gasteiger partial charge in [0.15, 0.2) is 0 Å². The molecule has 2 nitrogen and oxygen atoms in total. The zero-order valence-electron chi connectivity index (χ0n) is 7.87. The van der Waals surface area contributed by atoms with E-state index in [9.17, 15) is 0 Å². The van der Waals surface area contributed by atoms with Crippen molar-refractivity contribution in [1.82, 2.24) is 6.62 Å². The van der Waals surface area contributed by atoms with E-state index in [2.05, 4.69) is 66.7 Å². The Bertz CT molecular complexity index is 323. The van der Waals surface area contributed by atoms with E-state index in [0.29, 0.717) is 0 Å². The number of aromatic nitrogens is 2. The topological polar surface area (TPSA) is 9.86 Å². The van der Waals surface area contributed by atoms with Gasteiger partial charge in [0.1, 0.15) is 0 Å². The molecule has 0 amide bonds. The number of hydrogen-bond acceptors (Lipinski definition) is 0. The second-order valence-electron chi connectivity index (χ2n) is 3.09. The molecule has 0 aliphatic rings. The second kappa shape index (κ2) is 3.15. The van der Waals surface area contributed by atoms with Crippen LogP contribution in [0.15, 0.2) is 49.1 Å². The monoisotopic (exact) mass is 264 g/mol. The first-order valence-corrected chi connectivity index (χ1v) is 9.09. The van der Waals surface area contributed by atoms with Gasteiger partial charge in [0, 0.05) is 0 Å². The number of rotatable bonds is 2. The van der Waals surface area contributed by atoms with Crippen molar-refractivity contribution in [2.45, 2.75) is 11.0 Å². The van der Waals surface area contributed by atoms with Crippen LogP contribution in [0.5, 0.6) is 0 Å². The number of hydrogen-bond donors (Lipinski definition) is 0. The van der Waals surface area contributed by atoms with Crippen molar-refractivity contribution in [2.24, 2.45) is 0 Å². The van der Waals surface area contributed by atoms with Gasteiger partial charge in [-0.2, -0.15) is 0 Å². The van der Waals surface area contributed by atoms with Gasteiger partial charge in [-0.15, -0.1) is 0 Å². The molecule has 0 atom stereocenters. The molecule has 2 aromatic rings. The van der Waals surface area contributed by atoms with Gasteiger partial charge in [-0.3, -0.25) is 0 Å². The van der Waals surface area contributed by atoms with Crippen molar-refractivity contribution < 1.29 is 15.3 Å².